The molecule has 0 N–H and O–H groups in total. The topological polar surface area (TPSA) is 95.0 Å². The van der Waals surface area contributed by atoms with Crippen LogP contribution in [-0.4, -0.2) is 20.1 Å². The highest BCUT2D eigenvalue weighted by Crippen LogP contribution is 2.35. The van der Waals surface area contributed by atoms with Gasteiger partial charge in [0.15, 0.2) is 0 Å². The van der Waals surface area contributed by atoms with Crippen molar-refractivity contribution in [1.82, 2.24) is 15.2 Å². The molecule has 0 spiro atoms. The Morgan fingerprint density at radius 2 is 1.85 bits per heavy atom. The van der Waals surface area contributed by atoms with Crippen molar-refractivity contribution >= 4 is 17.4 Å². The Morgan fingerprint density at radius 1 is 1.15 bits per heavy atom. The van der Waals surface area contributed by atoms with Crippen LogP contribution in [0.4, 0.5) is 18.9 Å². The Balaban J connectivity index is 1.71. The van der Waals surface area contributed by atoms with Gasteiger partial charge in [0.2, 0.25) is 11.8 Å². The van der Waals surface area contributed by atoms with Gasteiger partial charge in [-0.1, -0.05) is 11.8 Å². The van der Waals surface area contributed by atoms with Crippen molar-refractivity contribution in [3.05, 3.63) is 64.2 Å². The van der Waals surface area contributed by atoms with Gasteiger partial charge in [0.05, 0.1) is 20.8 Å². The van der Waals surface area contributed by atoms with Crippen LogP contribution in [0.3, 0.4) is 0 Å². The molecule has 1 aromatic carbocycles. The summed E-state index contributed by atoms with van der Waals surface area (Å²) in [6.07, 6.45) is -3.67. The number of halogens is 3. The lowest BCUT2D eigenvalue weighted by Crippen LogP contribution is -2.05. The van der Waals surface area contributed by atoms with Crippen LogP contribution in [0, 0.1) is 10.1 Å². The number of nitrogens with zero attached hydrogens (tertiary/aromatic N) is 4. The molecule has 0 unspecified atom stereocenters. The number of benzene rings is 1. The van der Waals surface area contributed by atoms with Gasteiger partial charge < -0.3 is 4.42 Å². The molecule has 1 atom stereocenters. The zero-order valence-electron chi connectivity index (χ0n) is 13.7. The zero-order chi connectivity index (χ0) is 19.6. The van der Waals surface area contributed by atoms with Gasteiger partial charge in [-0.3, -0.25) is 10.1 Å². The van der Waals surface area contributed by atoms with Crippen LogP contribution >= 0.6 is 11.8 Å². The normalized spacial score (nSPS) is 12.7. The lowest BCUT2D eigenvalue weighted by atomic mass is 10.2. The minimum absolute atomic E-state index is 0.0595. The molecule has 140 valence electrons. The molecule has 2 aromatic heterocycles. The molecule has 7 nitrogen and oxygen atoms in total. The summed E-state index contributed by atoms with van der Waals surface area (Å²) in [6.45, 7) is 1.75. The van der Waals surface area contributed by atoms with Gasteiger partial charge in [0.1, 0.15) is 0 Å². The summed E-state index contributed by atoms with van der Waals surface area (Å²) in [6, 6.07) is 7.86. The minimum Gasteiger partial charge on any atom is -0.419 e. The quantitative estimate of drug-likeness (QED) is 0.343. The highest BCUT2D eigenvalue weighted by molar-refractivity contribution is 7.99. The number of thioether (sulfide) groups is 1. The van der Waals surface area contributed by atoms with E-state index in [2.05, 4.69) is 15.2 Å². The number of alkyl halides is 3. The molecule has 0 bridgehead atoms. The fourth-order valence-corrected chi connectivity index (χ4v) is 2.91. The van der Waals surface area contributed by atoms with Crippen molar-refractivity contribution in [1.29, 1.82) is 0 Å². The molecule has 0 amide bonds. The summed E-state index contributed by atoms with van der Waals surface area (Å²) in [5.41, 5.74) is -0.363. The first-order valence-corrected chi connectivity index (χ1v) is 8.40. The fraction of sp³-hybridized carbons (Fsp3) is 0.188. The number of pyridine rings is 1. The number of nitro benzene ring substituents is 1. The van der Waals surface area contributed by atoms with Gasteiger partial charge in [-0.2, -0.15) is 13.2 Å². The number of hydrogen-bond acceptors (Lipinski definition) is 7. The third kappa shape index (κ3) is 4.42. The maximum atomic E-state index is 12.6. The van der Waals surface area contributed by atoms with Crippen molar-refractivity contribution in [2.24, 2.45) is 0 Å². The van der Waals surface area contributed by atoms with Crippen molar-refractivity contribution in [2.45, 2.75) is 23.4 Å². The second-order valence-corrected chi connectivity index (χ2v) is 6.75. The van der Waals surface area contributed by atoms with E-state index in [1.165, 1.54) is 42.1 Å². The zero-order valence-corrected chi connectivity index (χ0v) is 14.5. The van der Waals surface area contributed by atoms with Crippen LogP contribution in [-0.2, 0) is 6.18 Å². The monoisotopic (exact) mass is 396 g/mol. The smallest absolute Gasteiger partial charge is 0.417 e. The Labute approximate surface area is 154 Å². The number of nitro groups is 1. The standard InChI is InChI=1S/C16H11F3N4O3S/c1-9(27-13-7-4-11(8-20-13)16(17,18)19)14-21-22-15(26-14)10-2-5-12(6-3-10)23(24)25/h2-9H,1H3/t9-/m1/s1. The fourth-order valence-electron chi connectivity index (χ4n) is 2.09. The molecule has 27 heavy (non-hydrogen) atoms. The van der Waals surface area contributed by atoms with E-state index < -0.39 is 16.7 Å². The summed E-state index contributed by atoms with van der Waals surface area (Å²) in [5.74, 6) is 0.447. The maximum absolute atomic E-state index is 12.6. The molecule has 0 saturated heterocycles. The van der Waals surface area contributed by atoms with Crippen molar-refractivity contribution < 1.29 is 22.5 Å². The van der Waals surface area contributed by atoms with Crippen molar-refractivity contribution in [2.75, 3.05) is 0 Å². The van der Waals surface area contributed by atoms with Gasteiger partial charge in [-0.25, -0.2) is 4.98 Å². The number of non-ortho nitro benzene ring substituents is 1. The van der Waals surface area contributed by atoms with Crippen LogP contribution in [0.2, 0.25) is 0 Å². The predicted molar refractivity (Wildman–Crippen MR) is 89.9 cm³/mol. The molecule has 0 aliphatic carbocycles. The van der Waals surface area contributed by atoms with Crippen LogP contribution < -0.4 is 0 Å². The minimum atomic E-state index is -4.44. The molecule has 3 rings (SSSR count). The molecule has 0 aliphatic heterocycles. The second kappa shape index (κ2) is 7.35. The van der Waals surface area contributed by atoms with E-state index in [4.69, 9.17) is 4.42 Å². The summed E-state index contributed by atoms with van der Waals surface area (Å²) < 4.78 is 43.2. The first-order chi connectivity index (χ1) is 12.7. The molecule has 3 aromatic rings. The third-order valence-corrected chi connectivity index (χ3v) is 4.51. The van der Waals surface area contributed by atoms with Gasteiger partial charge in [-0.05, 0) is 31.2 Å². The molecule has 2 heterocycles. The Morgan fingerprint density at radius 3 is 2.41 bits per heavy atom. The van der Waals surface area contributed by atoms with E-state index in [0.717, 1.165) is 12.3 Å². The Kier molecular flexibility index (Phi) is 5.13. The highest BCUT2D eigenvalue weighted by Gasteiger charge is 2.30. The number of hydrogen-bond donors (Lipinski definition) is 0. The largest absolute Gasteiger partial charge is 0.419 e. The Bertz CT molecular complexity index is 943. The first-order valence-electron chi connectivity index (χ1n) is 7.52. The lowest BCUT2D eigenvalue weighted by molar-refractivity contribution is -0.384. The average molecular weight is 396 g/mol. The summed E-state index contributed by atoms with van der Waals surface area (Å²) >= 11 is 1.17. The van der Waals surface area contributed by atoms with E-state index in [1.54, 1.807) is 6.92 Å². The van der Waals surface area contributed by atoms with E-state index in [0.29, 0.717) is 10.6 Å². The lowest BCUT2D eigenvalue weighted by Gasteiger charge is -2.08. The first kappa shape index (κ1) is 18.8. The summed E-state index contributed by atoms with van der Waals surface area (Å²) in [4.78, 5) is 14.0. The van der Waals surface area contributed by atoms with Gasteiger partial charge in [0.25, 0.3) is 5.69 Å². The van der Waals surface area contributed by atoms with Crippen LogP contribution in [0.5, 0.6) is 0 Å². The molecule has 0 aliphatic rings. The van der Waals surface area contributed by atoms with Crippen molar-refractivity contribution in [3.8, 4) is 11.5 Å². The maximum Gasteiger partial charge on any atom is 0.417 e. The molecule has 0 radical (unpaired) electrons. The van der Waals surface area contributed by atoms with Crippen molar-refractivity contribution in [3.63, 3.8) is 0 Å². The SMILES string of the molecule is C[C@@H](Sc1ccc(C(F)(F)F)cn1)c1nnc(-c2ccc([N+](=O)[O-])cc2)o1. The third-order valence-electron chi connectivity index (χ3n) is 3.47. The molecule has 0 saturated carbocycles. The predicted octanol–water partition coefficient (Wildman–Crippen LogP) is 4.91. The molecule has 0 fully saturated rings. The van der Waals surface area contributed by atoms with Crippen LogP contribution in [0.25, 0.3) is 11.5 Å². The molecular formula is C16H11F3N4O3S. The molecule has 11 heteroatoms. The Hall–Kier alpha value is -2.95. The summed E-state index contributed by atoms with van der Waals surface area (Å²) in [7, 11) is 0. The van der Waals surface area contributed by atoms with E-state index in [-0.39, 0.29) is 22.7 Å². The number of rotatable bonds is 5. The van der Waals surface area contributed by atoms with Crippen LogP contribution in [0.1, 0.15) is 23.6 Å². The van der Waals surface area contributed by atoms with Gasteiger partial charge >= 0.3 is 6.18 Å². The second-order valence-electron chi connectivity index (χ2n) is 5.39. The van der Waals surface area contributed by atoms with E-state index in [9.17, 15) is 23.3 Å². The summed E-state index contributed by atoms with van der Waals surface area (Å²) in [5, 5.41) is 18.5. The van der Waals surface area contributed by atoms with E-state index in [1.807, 2.05) is 0 Å². The van der Waals surface area contributed by atoms with Crippen LogP contribution in [0.15, 0.2) is 52.0 Å². The van der Waals surface area contributed by atoms with E-state index >= 15 is 0 Å². The van der Waals surface area contributed by atoms with Gasteiger partial charge in [0, 0.05) is 23.9 Å². The van der Waals surface area contributed by atoms with Gasteiger partial charge in [-0.15, -0.1) is 10.2 Å². The highest BCUT2D eigenvalue weighted by atomic mass is 32.2. The molecular weight excluding hydrogens is 385 g/mol. The average Bonchev–Trinajstić information content (AvgIpc) is 3.12. The number of aromatic nitrogens is 3.